The molecule has 0 fully saturated rings. The summed E-state index contributed by atoms with van der Waals surface area (Å²) in [5, 5.41) is 9.76. The number of rotatable bonds is 14. The summed E-state index contributed by atoms with van der Waals surface area (Å²) in [6.45, 7) is 16.4. The molecular formula is C29H45NO8. The topological polar surface area (TPSA) is 142 Å². The molecule has 0 heterocycles. The van der Waals surface area contributed by atoms with Crippen LogP contribution in [-0.2, 0) is 23.9 Å². The molecule has 0 radical (unpaired) electrons. The molecule has 0 bridgehead atoms. The van der Waals surface area contributed by atoms with Crippen molar-refractivity contribution >= 4 is 23.9 Å². The fraction of sp³-hybridized carbons (Fsp3) is 0.655. The van der Waals surface area contributed by atoms with Crippen molar-refractivity contribution in [3.05, 3.63) is 23.8 Å². The SMILES string of the molecule is CCCC(=O)OC(C)C(C)C(c1ccc(OC(=O)C(C)C(C)C)c(OC(=O)C(C)C(C)C)c1)[C@H](N)C(=O)O. The van der Waals surface area contributed by atoms with E-state index in [1.807, 2.05) is 34.6 Å². The number of hydrogen-bond donors (Lipinski definition) is 2. The van der Waals surface area contributed by atoms with Gasteiger partial charge in [0.2, 0.25) is 0 Å². The molecule has 9 heteroatoms. The predicted molar refractivity (Wildman–Crippen MR) is 144 cm³/mol. The van der Waals surface area contributed by atoms with Crippen molar-refractivity contribution < 1.29 is 38.5 Å². The molecule has 6 atom stereocenters. The maximum Gasteiger partial charge on any atom is 0.321 e. The Hall–Kier alpha value is -2.94. The summed E-state index contributed by atoms with van der Waals surface area (Å²) < 4.78 is 16.8. The number of aliphatic carboxylic acids is 1. The molecule has 3 N–H and O–H groups in total. The van der Waals surface area contributed by atoms with Crippen LogP contribution in [0, 0.1) is 29.6 Å². The van der Waals surface area contributed by atoms with Crippen LogP contribution in [0.2, 0.25) is 0 Å². The Labute approximate surface area is 226 Å². The molecule has 0 saturated heterocycles. The fourth-order valence-corrected chi connectivity index (χ4v) is 3.70. The number of ether oxygens (including phenoxy) is 3. The first-order valence-electron chi connectivity index (χ1n) is 13.4. The largest absolute Gasteiger partial charge is 0.480 e. The minimum Gasteiger partial charge on any atom is -0.480 e. The third-order valence-electron chi connectivity index (χ3n) is 7.27. The van der Waals surface area contributed by atoms with Gasteiger partial charge in [-0.15, -0.1) is 0 Å². The standard InChI is InChI=1S/C29H45NO8/c1-10-11-24(31)36-20(9)19(8)25(26(30)27(32)33)21-12-13-22(37-28(34)17(6)15(2)3)23(14-21)38-29(35)18(7)16(4)5/h12-20,25-26H,10-11,30H2,1-9H3,(H,32,33)/t17?,18?,19?,20?,25?,26-/m0/s1. The molecule has 0 aliphatic rings. The van der Waals surface area contributed by atoms with Crippen molar-refractivity contribution in [3.63, 3.8) is 0 Å². The van der Waals surface area contributed by atoms with E-state index in [9.17, 15) is 24.3 Å². The Bertz CT molecular complexity index is 973. The Morgan fingerprint density at radius 3 is 1.79 bits per heavy atom. The first-order valence-corrected chi connectivity index (χ1v) is 13.4. The molecule has 0 aliphatic heterocycles. The molecule has 1 rings (SSSR count). The Morgan fingerprint density at radius 2 is 1.34 bits per heavy atom. The minimum atomic E-state index is -1.34. The van der Waals surface area contributed by atoms with Gasteiger partial charge >= 0.3 is 23.9 Å². The van der Waals surface area contributed by atoms with Crippen molar-refractivity contribution in [2.45, 2.75) is 93.2 Å². The van der Waals surface area contributed by atoms with Gasteiger partial charge in [0, 0.05) is 18.3 Å². The third kappa shape index (κ3) is 9.11. The lowest BCUT2D eigenvalue weighted by Crippen LogP contribution is -2.42. The number of benzene rings is 1. The number of hydrogen-bond acceptors (Lipinski definition) is 8. The zero-order valence-electron chi connectivity index (χ0n) is 24.1. The van der Waals surface area contributed by atoms with Gasteiger partial charge in [-0.1, -0.05) is 61.5 Å². The summed E-state index contributed by atoms with van der Waals surface area (Å²) >= 11 is 0. The molecule has 5 unspecified atom stereocenters. The first-order chi connectivity index (χ1) is 17.6. The summed E-state index contributed by atoms with van der Waals surface area (Å²) in [7, 11) is 0. The molecule has 0 aromatic heterocycles. The lowest BCUT2D eigenvalue weighted by atomic mass is 9.79. The van der Waals surface area contributed by atoms with Gasteiger partial charge in [0.05, 0.1) is 11.8 Å². The number of carboxylic acid groups (broad SMARTS) is 1. The number of carboxylic acids is 1. The van der Waals surface area contributed by atoms with E-state index in [2.05, 4.69) is 0 Å². The summed E-state index contributed by atoms with van der Waals surface area (Å²) in [5.74, 6) is -4.69. The van der Waals surface area contributed by atoms with Gasteiger partial charge in [-0.25, -0.2) is 0 Å². The molecule has 1 aromatic rings. The van der Waals surface area contributed by atoms with E-state index >= 15 is 0 Å². The summed E-state index contributed by atoms with van der Waals surface area (Å²) in [6.07, 6.45) is 0.230. The highest BCUT2D eigenvalue weighted by atomic mass is 16.6. The van der Waals surface area contributed by atoms with Crippen LogP contribution < -0.4 is 15.2 Å². The molecular weight excluding hydrogens is 490 g/mol. The Kier molecular flexibility index (Phi) is 12.9. The second-order valence-electron chi connectivity index (χ2n) is 10.8. The van der Waals surface area contributed by atoms with Crippen molar-refractivity contribution in [2.75, 3.05) is 0 Å². The highest BCUT2D eigenvalue weighted by Gasteiger charge is 2.36. The molecule has 38 heavy (non-hydrogen) atoms. The second kappa shape index (κ2) is 14.9. The summed E-state index contributed by atoms with van der Waals surface area (Å²) in [4.78, 5) is 49.6. The molecule has 0 amide bonds. The highest BCUT2D eigenvalue weighted by molar-refractivity contribution is 5.79. The van der Waals surface area contributed by atoms with Crippen LogP contribution >= 0.6 is 0 Å². The van der Waals surface area contributed by atoms with E-state index in [1.54, 1.807) is 33.8 Å². The normalized spacial score (nSPS) is 16.2. The lowest BCUT2D eigenvalue weighted by molar-refractivity contribution is -0.151. The van der Waals surface area contributed by atoms with E-state index < -0.39 is 53.7 Å². The van der Waals surface area contributed by atoms with Gasteiger partial charge in [0.1, 0.15) is 12.1 Å². The molecule has 0 aliphatic carbocycles. The maximum atomic E-state index is 12.8. The molecule has 9 nitrogen and oxygen atoms in total. The van der Waals surface area contributed by atoms with E-state index in [-0.39, 0.29) is 35.7 Å². The zero-order chi connectivity index (χ0) is 29.3. The van der Waals surface area contributed by atoms with E-state index in [0.29, 0.717) is 12.0 Å². The lowest BCUT2D eigenvalue weighted by Gasteiger charge is -2.32. The second-order valence-corrected chi connectivity index (χ2v) is 10.8. The Morgan fingerprint density at radius 1 is 0.842 bits per heavy atom. The highest BCUT2D eigenvalue weighted by Crippen LogP contribution is 2.38. The van der Waals surface area contributed by atoms with Crippen LogP contribution in [0.4, 0.5) is 0 Å². The van der Waals surface area contributed by atoms with Crippen LogP contribution in [0.15, 0.2) is 18.2 Å². The van der Waals surface area contributed by atoms with Gasteiger partial charge in [-0.3, -0.25) is 19.2 Å². The van der Waals surface area contributed by atoms with Gasteiger partial charge < -0.3 is 25.1 Å². The quantitative estimate of drug-likeness (QED) is 0.250. The minimum absolute atomic E-state index is 0.00417. The van der Waals surface area contributed by atoms with Crippen molar-refractivity contribution in [2.24, 2.45) is 35.3 Å². The average molecular weight is 536 g/mol. The van der Waals surface area contributed by atoms with Crippen LogP contribution in [-0.4, -0.2) is 41.1 Å². The molecule has 0 saturated carbocycles. The molecule has 214 valence electrons. The van der Waals surface area contributed by atoms with Crippen LogP contribution in [0.3, 0.4) is 0 Å². The van der Waals surface area contributed by atoms with E-state index in [0.717, 1.165) is 0 Å². The third-order valence-corrected chi connectivity index (χ3v) is 7.27. The number of carbonyl (C=O) groups excluding carboxylic acids is 3. The molecule has 1 aromatic carbocycles. The van der Waals surface area contributed by atoms with Crippen LogP contribution in [0.25, 0.3) is 0 Å². The Balaban J connectivity index is 3.55. The number of nitrogens with two attached hydrogens (primary N) is 1. The smallest absolute Gasteiger partial charge is 0.321 e. The van der Waals surface area contributed by atoms with Crippen molar-refractivity contribution in [1.82, 2.24) is 0 Å². The average Bonchev–Trinajstić information content (AvgIpc) is 2.83. The fourth-order valence-electron chi connectivity index (χ4n) is 3.70. The number of esters is 3. The van der Waals surface area contributed by atoms with Gasteiger partial charge in [-0.05, 0) is 42.9 Å². The van der Waals surface area contributed by atoms with E-state index in [1.165, 1.54) is 12.1 Å². The molecule has 0 spiro atoms. The monoisotopic (exact) mass is 535 g/mol. The van der Waals surface area contributed by atoms with Crippen LogP contribution in [0.5, 0.6) is 11.5 Å². The van der Waals surface area contributed by atoms with Crippen molar-refractivity contribution in [3.8, 4) is 11.5 Å². The predicted octanol–water partition coefficient (Wildman–Crippen LogP) is 4.95. The van der Waals surface area contributed by atoms with Crippen LogP contribution in [0.1, 0.15) is 86.6 Å². The van der Waals surface area contributed by atoms with Gasteiger partial charge in [0.25, 0.3) is 0 Å². The van der Waals surface area contributed by atoms with Crippen molar-refractivity contribution in [1.29, 1.82) is 0 Å². The summed E-state index contributed by atoms with van der Waals surface area (Å²) in [5.41, 5.74) is 6.57. The van der Waals surface area contributed by atoms with E-state index in [4.69, 9.17) is 19.9 Å². The number of carbonyl (C=O) groups is 4. The zero-order valence-corrected chi connectivity index (χ0v) is 24.1. The van der Waals surface area contributed by atoms with Gasteiger partial charge in [-0.2, -0.15) is 0 Å². The summed E-state index contributed by atoms with van der Waals surface area (Å²) in [6, 6.07) is 3.21. The maximum absolute atomic E-state index is 12.8. The first kappa shape index (κ1) is 33.1. The van der Waals surface area contributed by atoms with Gasteiger partial charge in [0.15, 0.2) is 11.5 Å².